The van der Waals surface area contributed by atoms with E-state index in [0.717, 1.165) is 30.6 Å². The van der Waals surface area contributed by atoms with Crippen LogP contribution in [-0.2, 0) is 16.0 Å². The third kappa shape index (κ3) is 3.56. The summed E-state index contributed by atoms with van der Waals surface area (Å²) in [6.45, 7) is 5.27. The molecule has 0 aromatic heterocycles. The minimum absolute atomic E-state index is 0.0286. The van der Waals surface area contributed by atoms with Gasteiger partial charge in [0, 0.05) is 25.7 Å². The number of fused-ring (bicyclic) bond motifs is 2. The third-order valence-electron chi connectivity index (χ3n) is 7.51. The molecule has 4 atom stereocenters. The molecule has 31 heavy (non-hydrogen) atoms. The molecule has 5 rings (SSSR count). The van der Waals surface area contributed by atoms with Crippen LogP contribution < -0.4 is 5.32 Å². The Labute approximate surface area is 183 Å². The van der Waals surface area contributed by atoms with Gasteiger partial charge in [0.25, 0.3) is 5.91 Å². The van der Waals surface area contributed by atoms with Crippen LogP contribution in [0.2, 0.25) is 0 Å². The largest absolute Gasteiger partial charge is 0.366 e. The summed E-state index contributed by atoms with van der Waals surface area (Å²) >= 11 is 0. The summed E-state index contributed by atoms with van der Waals surface area (Å²) in [5, 5.41) is 3.61. The molecule has 3 aliphatic rings. The number of carbonyl (C=O) groups is 1. The first-order chi connectivity index (χ1) is 15.0. The van der Waals surface area contributed by atoms with Crippen LogP contribution in [0.3, 0.4) is 0 Å². The topological polar surface area (TPSA) is 44.8 Å². The van der Waals surface area contributed by atoms with Crippen LogP contribution in [0.5, 0.6) is 0 Å². The lowest BCUT2D eigenvalue weighted by molar-refractivity contribution is -0.161. The number of rotatable bonds is 2. The average Bonchev–Trinajstić information content (AvgIpc) is 2.79. The molecule has 3 aliphatic heterocycles. The zero-order chi connectivity index (χ0) is 21.6. The first-order valence-corrected chi connectivity index (χ1v) is 11.2. The van der Waals surface area contributed by atoms with E-state index in [1.54, 1.807) is 12.1 Å². The van der Waals surface area contributed by atoms with Crippen molar-refractivity contribution in [2.75, 3.05) is 33.3 Å². The van der Waals surface area contributed by atoms with Crippen molar-refractivity contribution in [3.05, 3.63) is 71.0 Å². The smallest absolute Gasteiger partial charge is 0.252 e. The number of nitrogens with zero attached hydrogens (tertiary/aromatic N) is 2. The fourth-order valence-corrected chi connectivity index (χ4v) is 5.41. The molecule has 6 heteroatoms. The van der Waals surface area contributed by atoms with Crippen LogP contribution in [0, 0.1) is 5.82 Å². The Hall–Kier alpha value is -2.28. The Balaban J connectivity index is 1.44. The van der Waals surface area contributed by atoms with E-state index in [9.17, 15) is 9.18 Å². The number of halogens is 1. The first-order valence-electron chi connectivity index (χ1n) is 11.2. The van der Waals surface area contributed by atoms with Crippen LogP contribution in [0.1, 0.15) is 36.1 Å². The highest BCUT2D eigenvalue weighted by Gasteiger charge is 2.48. The molecule has 2 aromatic carbocycles. The second-order valence-electron chi connectivity index (χ2n) is 9.26. The van der Waals surface area contributed by atoms with Gasteiger partial charge < -0.3 is 15.0 Å². The van der Waals surface area contributed by atoms with Gasteiger partial charge in [-0.05, 0) is 55.6 Å². The summed E-state index contributed by atoms with van der Waals surface area (Å²) < 4.78 is 19.8. The van der Waals surface area contributed by atoms with Crippen LogP contribution in [-0.4, -0.2) is 66.7 Å². The fraction of sp³-hybridized carbons (Fsp3) is 0.480. The van der Waals surface area contributed by atoms with Crippen LogP contribution >= 0.6 is 0 Å². The van der Waals surface area contributed by atoms with Crippen molar-refractivity contribution in [2.24, 2.45) is 0 Å². The lowest BCUT2D eigenvalue weighted by Gasteiger charge is -2.53. The highest BCUT2D eigenvalue weighted by Crippen LogP contribution is 2.37. The Morgan fingerprint density at radius 3 is 2.74 bits per heavy atom. The summed E-state index contributed by atoms with van der Waals surface area (Å²) in [6.07, 6.45) is 1.01. The number of amides is 1. The Bertz CT molecular complexity index is 965. The molecule has 0 saturated carbocycles. The number of benzene rings is 2. The van der Waals surface area contributed by atoms with E-state index in [1.165, 1.54) is 17.7 Å². The van der Waals surface area contributed by atoms with Gasteiger partial charge in [-0.25, -0.2) is 4.39 Å². The van der Waals surface area contributed by atoms with E-state index >= 15 is 0 Å². The molecule has 0 bridgehead atoms. The van der Waals surface area contributed by atoms with Crippen LogP contribution in [0.25, 0.3) is 0 Å². The maximum atomic E-state index is 13.8. The van der Waals surface area contributed by atoms with Gasteiger partial charge in [-0.2, -0.15) is 0 Å². The zero-order valence-electron chi connectivity index (χ0n) is 18.2. The molecule has 0 spiro atoms. The second-order valence-corrected chi connectivity index (χ2v) is 9.26. The average molecular weight is 424 g/mol. The van der Waals surface area contributed by atoms with Gasteiger partial charge in [-0.15, -0.1) is 0 Å². The Kier molecular flexibility index (Phi) is 5.32. The number of carbonyl (C=O) groups excluding carboxylic acids is 1. The molecule has 0 unspecified atom stereocenters. The van der Waals surface area contributed by atoms with Crippen molar-refractivity contribution in [3.8, 4) is 0 Å². The number of hydrogen-bond acceptors (Lipinski definition) is 4. The van der Waals surface area contributed by atoms with Gasteiger partial charge in [0.05, 0.1) is 18.2 Å². The monoisotopic (exact) mass is 423 g/mol. The van der Waals surface area contributed by atoms with Gasteiger partial charge in [-0.3, -0.25) is 9.69 Å². The molecule has 0 radical (unpaired) electrons. The standard InChI is InChI=1S/C25H30FN3O2/c1-25-16-31-21(15-22(25)27-12-14-28(25)2)24(30)29-13-11-17-5-3-4-6-20(17)23(29)18-7-9-19(26)10-8-18/h3-10,21-23,27H,11-16H2,1-2H3/t21-,22+,23+,25+/m1/s1. The maximum absolute atomic E-state index is 13.8. The van der Waals surface area contributed by atoms with Crippen LogP contribution in [0.4, 0.5) is 4.39 Å². The number of hydrogen-bond donors (Lipinski definition) is 1. The van der Waals surface area contributed by atoms with Gasteiger partial charge in [0.1, 0.15) is 11.9 Å². The Morgan fingerprint density at radius 1 is 1.16 bits per heavy atom. The van der Waals surface area contributed by atoms with E-state index < -0.39 is 6.10 Å². The molecule has 1 amide bonds. The van der Waals surface area contributed by atoms with Crippen molar-refractivity contribution in [3.63, 3.8) is 0 Å². The van der Waals surface area contributed by atoms with Crippen molar-refractivity contribution in [1.82, 2.24) is 15.1 Å². The number of nitrogens with one attached hydrogen (secondary N) is 1. The molecule has 0 aliphatic carbocycles. The summed E-state index contributed by atoms with van der Waals surface area (Å²) in [5.41, 5.74) is 3.19. The second kappa shape index (κ2) is 8.01. The lowest BCUT2D eigenvalue weighted by Crippen LogP contribution is -2.70. The van der Waals surface area contributed by atoms with Crippen molar-refractivity contribution in [1.29, 1.82) is 0 Å². The van der Waals surface area contributed by atoms with Gasteiger partial charge in [0.15, 0.2) is 0 Å². The molecule has 1 N–H and O–H groups in total. The van der Waals surface area contributed by atoms with Gasteiger partial charge in [0.2, 0.25) is 0 Å². The van der Waals surface area contributed by atoms with Crippen molar-refractivity contribution in [2.45, 2.75) is 43.5 Å². The van der Waals surface area contributed by atoms with E-state index in [2.05, 4.69) is 36.3 Å². The summed E-state index contributed by atoms with van der Waals surface area (Å²) in [4.78, 5) is 18.0. The number of piperazine rings is 1. The lowest BCUT2D eigenvalue weighted by atomic mass is 9.82. The quantitative estimate of drug-likeness (QED) is 0.807. The van der Waals surface area contributed by atoms with Crippen LogP contribution in [0.15, 0.2) is 48.5 Å². The van der Waals surface area contributed by atoms with Crippen molar-refractivity contribution < 1.29 is 13.9 Å². The summed E-state index contributed by atoms with van der Waals surface area (Å²) in [7, 11) is 2.13. The zero-order valence-corrected chi connectivity index (χ0v) is 18.2. The predicted octanol–water partition coefficient (Wildman–Crippen LogP) is 2.75. The number of likely N-dealkylation sites (N-methyl/N-ethyl adjacent to an activating group) is 1. The third-order valence-corrected chi connectivity index (χ3v) is 7.51. The van der Waals surface area contributed by atoms with Crippen molar-refractivity contribution >= 4 is 5.91 Å². The fourth-order valence-electron chi connectivity index (χ4n) is 5.41. The van der Waals surface area contributed by atoms with E-state index in [1.807, 2.05) is 17.0 Å². The van der Waals surface area contributed by atoms with Gasteiger partial charge in [-0.1, -0.05) is 36.4 Å². The summed E-state index contributed by atoms with van der Waals surface area (Å²) in [5.74, 6) is -0.242. The Morgan fingerprint density at radius 2 is 1.94 bits per heavy atom. The summed E-state index contributed by atoms with van der Waals surface area (Å²) in [6, 6.07) is 14.8. The normalized spacial score (nSPS) is 31.1. The maximum Gasteiger partial charge on any atom is 0.252 e. The van der Waals surface area contributed by atoms with Gasteiger partial charge >= 0.3 is 0 Å². The SMILES string of the molecule is CN1CCN[C@H]2C[C@H](C(=O)N3CCc4ccccc4[C@@H]3c3ccc(F)cc3)OC[C@@]21C. The molecule has 5 nitrogen and oxygen atoms in total. The number of ether oxygens (including phenoxy) is 1. The molecule has 3 heterocycles. The molecule has 2 aromatic rings. The molecule has 164 valence electrons. The highest BCUT2D eigenvalue weighted by atomic mass is 19.1. The first kappa shape index (κ1) is 20.6. The molecule has 2 saturated heterocycles. The van der Waals surface area contributed by atoms with E-state index in [0.29, 0.717) is 19.6 Å². The minimum Gasteiger partial charge on any atom is -0.366 e. The minimum atomic E-state index is -0.467. The molecular weight excluding hydrogens is 393 g/mol. The van der Waals surface area contributed by atoms with E-state index in [4.69, 9.17) is 4.74 Å². The van der Waals surface area contributed by atoms with E-state index in [-0.39, 0.29) is 29.3 Å². The molecule has 2 fully saturated rings. The highest BCUT2D eigenvalue weighted by molar-refractivity contribution is 5.82. The molecular formula is C25H30FN3O2. The predicted molar refractivity (Wildman–Crippen MR) is 117 cm³/mol.